The van der Waals surface area contributed by atoms with Gasteiger partial charge >= 0.3 is 0 Å². The molecular formula is C25H26N4OS2. The van der Waals surface area contributed by atoms with Gasteiger partial charge in [0.15, 0.2) is 5.16 Å². The summed E-state index contributed by atoms with van der Waals surface area (Å²) in [5.41, 5.74) is 4.57. The van der Waals surface area contributed by atoms with Gasteiger partial charge < -0.3 is 5.32 Å². The van der Waals surface area contributed by atoms with E-state index in [1.165, 1.54) is 22.9 Å². The van der Waals surface area contributed by atoms with E-state index in [0.29, 0.717) is 13.0 Å². The van der Waals surface area contributed by atoms with Gasteiger partial charge in [0.1, 0.15) is 5.82 Å². The summed E-state index contributed by atoms with van der Waals surface area (Å²) in [7, 11) is 0. The number of nitrogens with zero attached hydrogens (tertiary/aromatic N) is 3. The molecule has 2 heterocycles. The zero-order chi connectivity index (χ0) is 22.5. The highest BCUT2D eigenvalue weighted by atomic mass is 32.2. The largest absolute Gasteiger partial charge is 0.350 e. The van der Waals surface area contributed by atoms with E-state index in [2.05, 4.69) is 64.3 Å². The molecule has 0 radical (unpaired) electrons. The Morgan fingerprint density at radius 2 is 1.91 bits per heavy atom. The Morgan fingerprint density at radius 1 is 1.09 bits per heavy atom. The van der Waals surface area contributed by atoms with Gasteiger partial charge in [-0.05, 0) is 49.4 Å². The summed E-state index contributed by atoms with van der Waals surface area (Å²) in [5, 5.41) is 14.5. The summed E-state index contributed by atoms with van der Waals surface area (Å²) in [6.07, 6.45) is 0.667. The Balaban J connectivity index is 1.60. The molecule has 164 valence electrons. The monoisotopic (exact) mass is 462 g/mol. The average molecular weight is 463 g/mol. The summed E-state index contributed by atoms with van der Waals surface area (Å²) in [4.78, 5) is 13.9. The second-order valence-corrected chi connectivity index (χ2v) is 10.1. The molecule has 7 heteroatoms. The molecule has 0 aliphatic carbocycles. The van der Waals surface area contributed by atoms with Gasteiger partial charge in [-0.25, -0.2) is 0 Å². The van der Waals surface area contributed by atoms with E-state index in [4.69, 9.17) is 0 Å². The first kappa shape index (κ1) is 22.3. The number of aryl methyl sites for hydroxylation is 2. The summed E-state index contributed by atoms with van der Waals surface area (Å²) < 4.78 is 2.09. The van der Waals surface area contributed by atoms with Gasteiger partial charge in [-0.1, -0.05) is 65.9 Å². The van der Waals surface area contributed by atoms with Crippen molar-refractivity contribution in [2.24, 2.45) is 0 Å². The smallest absolute Gasteiger partial charge is 0.233 e. The van der Waals surface area contributed by atoms with Crippen molar-refractivity contribution in [3.05, 3.63) is 93.4 Å². The lowest BCUT2D eigenvalue weighted by molar-refractivity contribution is -0.120. The maximum absolute atomic E-state index is 12.7. The summed E-state index contributed by atoms with van der Waals surface area (Å²) >= 11 is 3.07. The summed E-state index contributed by atoms with van der Waals surface area (Å²) in [6.45, 7) is 6.64. The fraction of sp³-hybridized carbons (Fsp3) is 0.240. The van der Waals surface area contributed by atoms with Gasteiger partial charge in [-0.2, -0.15) is 0 Å². The summed E-state index contributed by atoms with van der Waals surface area (Å²) in [6, 6.07) is 20.6. The molecule has 4 rings (SSSR count). The molecule has 0 aliphatic heterocycles. The zero-order valence-corrected chi connectivity index (χ0v) is 20.0. The predicted octanol–water partition coefficient (Wildman–Crippen LogP) is 5.33. The lowest BCUT2D eigenvalue weighted by atomic mass is 10.1. The second-order valence-electron chi connectivity index (χ2n) is 7.74. The molecule has 0 saturated carbocycles. The maximum Gasteiger partial charge on any atom is 0.233 e. The molecule has 1 atom stereocenters. The molecule has 2 aromatic carbocycles. The number of thioether (sulfide) groups is 1. The standard InChI is InChI=1S/C25H26N4OS2/c1-17-11-12-22(18(2)14-17)29-23(15-20-8-5-4-6-9-20)27-28-25(29)32-19(3)24(30)26-16-21-10-7-13-31-21/h4-14,19H,15-16H2,1-3H3,(H,26,30). The number of aromatic nitrogens is 3. The van der Waals surface area contributed by atoms with Gasteiger partial charge in [0.05, 0.1) is 17.5 Å². The highest BCUT2D eigenvalue weighted by molar-refractivity contribution is 8.00. The minimum Gasteiger partial charge on any atom is -0.350 e. The van der Waals surface area contributed by atoms with Gasteiger partial charge in [0.2, 0.25) is 5.91 Å². The number of benzene rings is 2. The van der Waals surface area contributed by atoms with Crippen molar-refractivity contribution in [2.45, 2.75) is 44.1 Å². The number of hydrogen-bond donors (Lipinski definition) is 1. The first-order valence-electron chi connectivity index (χ1n) is 10.5. The maximum atomic E-state index is 12.7. The molecule has 2 aromatic heterocycles. The molecule has 1 N–H and O–H groups in total. The van der Waals surface area contributed by atoms with Crippen molar-refractivity contribution in [3.8, 4) is 5.69 Å². The number of hydrogen-bond acceptors (Lipinski definition) is 5. The number of thiophene rings is 1. The molecule has 1 amide bonds. The molecule has 1 unspecified atom stereocenters. The Morgan fingerprint density at radius 3 is 2.62 bits per heavy atom. The molecule has 0 bridgehead atoms. The van der Waals surface area contributed by atoms with Crippen LogP contribution >= 0.6 is 23.1 Å². The SMILES string of the molecule is Cc1ccc(-n2c(Cc3ccccc3)nnc2SC(C)C(=O)NCc2cccs2)c(C)c1. The van der Waals surface area contributed by atoms with Crippen molar-refractivity contribution in [1.29, 1.82) is 0 Å². The molecular weight excluding hydrogens is 436 g/mol. The fourth-order valence-corrected chi connectivity index (χ4v) is 5.06. The predicted molar refractivity (Wildman–Crippen MR) is 132 cm³/mol. The minimum absolute atomic E-state index is 0.0109. The van der Waals surface area contributed by atoms with Crippen LogP contribution in [0.5, 0.6) is 0 Å². The number of carbonyl (C=O) groups excluding carboxylic acids is 1. The van der Waals surface area contributed by atoms with Crippen LogP contribution in [0.3, 0.4) is 0 Å². The summed E-state index contributed by atoms with van der Waals surface area (Å²) in [5.74, 6) is 0.847. The van der Waals surface area contributed by atoms with Crippen LogP contribution in [0.2, 0.25) is 0 Å². The van der Waals surface area contributed by atoms with Crippen LogP contribution in [-0.4, -0.2) is 25.9 Å². The molecule has 0 spiro atoms. The van der Waals surface area contributed by atoms with E-state index in [1.807, 2.05) is 42.6 Å². The van der Waals surface area contributed by atoms with Crippen LogP contribution in [0.1, 0.15) is 34.3 Å². The number of amides is 1. The third-order valence-electron chi connectivity index (χ3n) is 5.17. The van der Waals surface area contributed by atoms with Gasteiger partial charge in [-0.15, -0.1) is 21.5 Å². The Bertz CT molecular complexity index is 1190. The van der Waals surface area contributed by atoms with E-state index >= 15 is 0 Å². The van der Waals surface area contributed by atoms with E-state index in [0.717, 1.165) is 27.1 Å². The van der Waals surface area contributed by atoms with E-state index in [9.17, 15) is 4.79 Å². The van der Waals surface area contributed by atoms with Crippen LogP contribution in [0, 0.1) is 13.8 Å². The van der Waals surface area contributed by atoms with Crippen molar-refractivity contribution in [2.75, 3.05) is 0 Å². The van der Waals surface area contributed by atoms with Crippen LogP contribution in [0.4, 0.5) is 0 Å². The van der Waals surface area contributed by atoms with E-state index in [-0.39, 0.29) is 11.2 Å². The second kappa shape index (κ2) is 10.1. The van der Waals surface area contributed by atoms with Crippen molar-refractivity contribution >= 4 is 29.0 Å². The quantitative estimate of drug-likeness (QED) is 0.359. The van der Waals surface area contributed by atoms with Crippen molar-refractivity contribution in [3.63, 3.8) is 0 Å². The molecule has 0 aliphatic rings. The highest BCUT2D eigenvalue weighted by Crippen LogP contribution is 2.28. The lowest BCUT2D eigenvalue weighted by Gasteiger charge is -2.16. The van der Waals surface area contributed by atoms with Gasteiger partial charge in [0.25, 0.3) is 0 Å². The van der Waals surface area contributed by atoms with Crippen molar-refractivity contribution in [1.82, 2.24) is 20.1 Å². The Kier molecular flexibility index (Phi) is 7.07. The normalized spacial score (nSPS) is 12.0. The Labute approximate surface area is 196 Å². The fourth-order valence-electron chi connectivity index (χ4n) is 3.51. The first-order valence-corrected chi connectivity index (χ1v) is 12.3. The number of carbonyl (C=O) groups is 1. The van der Waals surface area contributed by atoms with E-state index in [1.54, 1.807) is 11.3 Å². The van der Waals surface area contributed by atoms with Crippen LogP contribution in [0.25, 0.3) is 5.69 Å². The van der Waals surface area contributed by atoms with Gasteiger partial charge in [0, 0.05) is 11.3 Å². The first-order chi connectivity index (χ1) is 15.5. The number of rotatable bonds is 8. The third kappa shape index (κ3) is 5.29. The average Bonchev–Trinajstić information content (AvgIpc) is 3.43. The lowest BCUT2D eigenvalue weighted by Crippen LogP contribution is -2.30. The number of nitrogens with one attached hydrogen (secondary N) is 1. The van der Waals surface area contributed by atoms with Crippen LogP contribution in [-0.2, 0) is 17.8 Å². The highest BCUT2D eigenvalue weighted by Gasteiger charge is 2.22. The minimum atomic E-state index is -0.298. The molecule has 0 fully saturated rings. The van der Waals surface area contributed by atoms with Crippen LogP contribution in [0.15, 0.2) is 71.2 Å². The molecule has 32 heavy (non-hydrogen) atoms. The molecule has 0 saturated heterocycles. The van der Waals surface area contributed by atoms with Crippen molar-refractivity contribution < 1.29 is 4.79 Å². The Hall–Kier alpha value is -2.90. The molecule has 5 nitrogen and oxygen atoms in total. The van der Waals surface area contributed by atoms with Gasteiger partial charge in [-0.3, -0.25) is 9.36 Å². The van der Waals surface area contributed by atoms with E-state index < -0.39 is 0 Å². The third-order valence-corrected chi connectivity index (χ3v) is 7.09. The topological polar surface area (TPSA) is 59.8 Å². The zero-order valence-electron chi connectivity index (χ0n) is 18.4. The van der Waals surface area contributed by atoms with Crippen LogP contribution < -0.4 is 5.32 Å². The molecule has 4 aromatic rings.